The number of hydrogen-bond acceptors (Lipinski definition) is 7. The van der Waals surface area contributed by atoms with Crippen molar-refractivity contribution in [1.82, 2.24) is 4.57 Å². The first kappa shape index (κ1) is 34.3. The van der Waals surface area contributed by atoms with Crippen molar-refractivity contribution in [3.8, 4) is 11.5 Å². The number of carbonyl (C=O) groups excluding carboxylic acids is 1. The summed E-state index contributed by atoms with van der Waals surface area (Å²) in [6.45, 7) is 13.3. The summed E-state index contributed by atoms with van der Waals surface area (Å²) >= 11 is 0. The number of carbonyl (C=O) groups is 2. The third kappa shape index (κ3) is 7.80. The number of benzene rings is 2. The molecule has 1 aromatic heterocycles. The van der Waals surface area contributed by atoms with Gasteiger partial charge in [-0.3, -0.25) is 4.79 Å². The van der Waals surface area contributed by atoms with Crippen LogP contribution in [0.25, 0.3) is 0 Å². The lowest BCUT2D eigenvalue weighted by atomic mass is 10.0. The van der Waals surface area contributed by atoms with E-state index in [9.17, 15) is 14.7 Å². The van der Waals surface area contributed by atoms with Crippen molar-refractivity contribution in [2.75, 3.05) is 21.3 Å². The minimum absolute atomic E-state index is 0.0960. The minimum atomic E-state index is -2.39. The molecule has 0 aliphatic heterocycles. The maximum Gasteiger partial charge on any atom is 0.339 e. The third-order valence-electron chi connectivity index (χ3n) is 9.15. The number of aliphatic carboxylic acids is 1. The summed E-state index contributed by atoms with van der Waals surface area (Å²) in [7, 11) is 2.17. The maximum atomic E-state index is 12.6. The molecule has 10 heteroatoms. The minimum Gasteiger partial charge on any atom is -0.496 e. The molecule has 3 aromatic rings. The number of methoxy groups -OCH3 is 3. The number of carboxylic acid groups (broad SMARTS) is 1. The van der Waals surface area contributed by atoms with Gasteiger partial charge in [-0.25, -0.2) is 4.79 Å². The lowest BCUT2D eigenvalue weighted by molar-refractivity contribution is -0.136. The van der Waals surface area contributed by atoms with Gasteiger partial charge in [-0.1, -0.05) is 45.0 Å². The molecule has 2 aromatic carbocycles. The fraction of sp³-hybridized carbons (Fsp3) is 0.486. The first-order valence-electron chi connectivity index (χ1n) is 15.3. The largest absolute Gasteiger partial charge is 0.496 e. The molecule has 0 amide bonds. The van der Waals surface area contributed by atoms with Crippen LogP contribution in [0.15, 0.2) is 48.8 Å². The summed E-state index contributed by atoms with van der Waals surface area (Å²) in [6, 6.07) is 12.3. The summed E-state index contributed by atoms with van der Waals surface area (Å²) < 4.78 is 32.6. The monoisotopic (exact) mass is 637 g/mol. The topological polar surface area (TPSA) is 105 Å². The first-order chi connectivity index (χ1) is 21.2. The number of esters is 1. The van der Waals surface area contributed by atoms with Gasteiger partial charge in [0, 0.05) is 18.0 Å². The lowest BCUT2D eigenvalue weighted by Crippen LogP contribution is -2.45. The molecule has 1 aliphatic carbocycles. The van der Waals surface area contributed by atoms with E-state index in [2.05, 4.69) is 46.0 Å². The van der Waals surface area contributed by atoms with E-state index in [0.717, 1.165) is 24.0 Å². The van der Waals surface area contributed by atoms with E-state index in [1.165, 1.54) is 18.2 Å². The van der Waals surface area contributed by atoms with Crippen LogP contribution in [0.2, 0.25) is 18.1 Å². The van der Waals surface area contributed by atoms with Crippen LogP contribution in [0.4, 0.5) is 0 Å². The third-order valence-corrected chi connectivity index (χ3v) is 13.6. The van der Waals surface area contributed by atoms with E-state index in [1.807, 2.05) is 35.8 Å². The summed E-state index contributed by atoms with van der Waals surface area (Å²) in [5.41, 5.74) is 4.85. The van der Waals surface area contributed by atoms with Crippen LogP contribution in [-0.2, 0) is 44.5 Å². The van der Waals surface area contributed by atoms with Crippen LogP contribution in [0.3, 0.4) is 0 Å². The fourth-order valence-corrected chi connectivity index (χ4v) is 6.94. The van der Waals surface area contributed by atoms with Crippen molar-refractivity contribution in [1.29, 1.82) is 0 Å². The van der Waals surface area contributed by atoms with Crippen LogP contribution < -0.4 is 9.47 Å². The Balaban J connectivity index is 1.85. The highest BCUT2D eigenvalue weighted by molar-refractivity contribution is 6.74. The Hall–Kier alpha value is -3.60. The quantitative estimate of drug-likeness (QED) is 0.166. The van der Waals surface area contributed by atoms with E-state index < -0.39 is 32.5 Å². The van der Waals surface area contributed by atoms with Crippen LogP contribution in [0.1, 0.15) is 65.1 Å². The van der Waals surface area contributed by atoms with E-state index >= 15 is 0 Å². The molecule has 0 saturated carbocycles. The Bertz CT molecular complexity index is 1470. The van der Waals surface area contributed by atoms with Crippen molar-refractivity contribution < 1.29 is 38.1 Å². The first-order valence-corrected chi connectivity index (χ1v) is 18.2. The zero-order valence-electron chi connectivity index (χ0n) is 27.9. The van der Waals surface area contributed by atoms with Crippen molar-refractivity contribution >= 4 is 20.3 Å². The van der Waals surface area contributed by atoms with E-state index in [0.29, 0.717) is 23.6 Å². The molecule has 0 spiro atoms. The van der Waals surface area contributed by atoms with Gasteiger partial charge in [0.25, 0.3) is 0 Å². The summed E-state index contributed by atoms with van der Waals surface area (Å²) in [5, 5.41) is 9.45. The highest BCUT2D eigenvalue weighted by Gasteiger charge is 2.43. The average molecular weight is 638 g/mol. The zero-order chi connectivity index (χ0) is 33.1. The van der Waals surface area contributed by atoms with Gasteiger partial charge in [0.1, 0.15) is 17.6 Å². The second kappa shape index (κ2) is 13.8. The van der Waals surface area contributed by atoms with Gasteiger partial charge in [0.15, 0.2) is 8.32 Å². The molecule has 0 saturated heterocycles. The van der Waals surface area contributed by atoms with E-state index in [4.69, 9.17) is 23.4 Å². The van der Waals surface area contributed by atoms with Crippen LogP contribution >= 0.6 is 0 Å². The molecular formula is C35H47NO8Si. The summed E-state index contributed by atoms with van der Waals surface area (Å²) in [4.78, 5) is 24.3. The van der Waals surface area contributed by atoms with Gasteiger partial charge >= 0.3 is 11.9 Å². The molecule has 9 nitrogen and oxygen atoms in total. The number of carboxylic acids is 1. The fourth-order valence-electron chi connectivity index (χ4n) is 5.66. The van der Waals surface area contributed by atoms with E-state index in [1.54, 1.807) is 26.6 Å². The molecule has 0 radical (unpaired) electrons. The zero-order valence-corrected chi connectivity index (χ0v) is 28.9. The predicted octanol–water partition coefficient (Wildman–Crippen LogP) is 6.54. The van der Waals surface area contributed by atoms with Gasteiger partial charge in [0.05, 0.1) is 52.1 Å². The van der Waals surface area contributed by atoms with Gasteiger partial charge in [-0.05, 0) is 72.3 Å². The molecule has 45 heavy (non-hydrogen) atoms. The number of ether oxygens (including phenoxy) is 4. The molecule has 244 valence electrons. The normalized spacial score (nSPS) is 15.0. The highest BCUT2D eigenvalue weighted by Crippen LogP contribution is 2.44. The van der Waals surface area contributed by atoms with Gasteiger partial charge in [0.2, 0.25) is 0 Å². The molecule has 0 fully saturated rings. The Morgan fingerprint density at radius 1 is 1.00 bits per heavy atom. The summed E-state index contributed by atoms with van der Waals surface area (Å²) in [6.07, 6.45) is 3.41. The molecule has 0 unspecified atom stereocenters. The number of rotatable bonds is 13. The summed E-state index contributed by atoms with van der Waals surface area (Å²) in [5.74, 6) is -0.265. The number of nitrogens with zero attached hydrogens (tertiary/aromatic N) is 1. The second-order valence-corrected chi connectivity index (χ2v) is 18.0. The SMILES string of the molecule is COC(=O)c1cn(C[C@H](OC2Cc3ccccc3C2)[C@H](O[Si](C)(C)C(C)(C)C)c2cc(OC)c(C)c(OC)c2)cc1CC(=O)O. The molecule has 4 rings (SSSR count). The molecule has 1 heterocycles. The van der Waals surface area contributed by atoms with Crippen LogP contribution in [0, 0.1) is 6.92 Å². The highest BCUT2D eigenvalue weighted by atomic mass is 28.4. The van der Waals surface area contributed by atoms with Gasteiger partial charge < -0.3 is 33.0 Å². The predicted molar refractivity (Wildman–Crippen MR) is 175 cm³/mol. The van der Waals surface area contributed by atoms with Crippen LogP contribution in [0.5, 0.6) is 11.5 Å². The van der Waals surface area contributed by atoms with Crippen molar-refractivity contribution in [3.63, 3.8) is 0 Å². The van der Waals surface area contributed by atoms with Gasteiger partial charge in [-0.2, -0.15) is 0 Å². The Morgan fingerprint density at radius 2 is 1.58 bits per heavy atom. The van der Waals surface area contributed by atoms with Crippen molar-refractivity contribution in [2.45, 2.75) is 89.9 Å². The number of aromatic nitrogens is 1. The van der Waals surface area contributed by atoms with Gasteiger partial charge in [-0.15, -0.1) is 0 Å². The molecule has 1 aliphatic rings. The molecule has 2 atom stereocenters. The van der Waals surface area contributed by atoms with E-state index in [-0.39, 0.29) is 23.1 Å². The van der Waals surface area contributed by atoms with Crippen molar-refractivity contribution in [3.05, 3.63) is 82.2 Å². The Labute approximate surface area is 267 Å². The average Bonchev–Trinajstić information content (AvgIpc) is 3.57. The molecular weight excluding hydrogens is 590 g/mol. The number of hydrogen-bond donors (Lipinski definition) is 1. The van der Waals surface area contributed by atoms with Crippen molar-refractivity contribution in [2.24, 2.45) is 0 Å². The standard InChI is InChI=1S/C35H47NO8Si/c1-22-29(40-5)16-25(17-30(22)41-6)33(44-45(8,9)35(2,3)4)31(43-27-14-23-12-10-11-13-24(23)15-27)21-36-19-26(18-32(37)38)28(20-36)34(39)42-7/h10-13,16-17,19-20,27,31,33H,14-15,18,21H2,1-9H3,(H,37,38)/t31-,33+/m0/s1. The smallest absolute Gasteiger partial charge is 0.339 e. The Morgan fingerprint density at radius 3 is 2.07 bits per heavy atom. The second-order valence-electron chi connectivity index (χ2n) is 13.3. The Kier molecular flexibility index (Phi) is 10.5. The molecule has 0 bridgehead atoms. The molecule has 1 N–H and O–H groups in total. The van der Waals surface area contributed by atoms with Crippen LogP contribution in [-0.4, -0.2) is 63.5 Å². The maximum absolute atomic E-state index is 12.6. The number of fused-ring (bicyclic) bond motifs is 1. The lowest BCUT2D eigenvalue weighted by Gasteiger charge is -2.42.